The lowest BCUT2D eigenvalue weighted by Gasteiger charge is -2.43. The van der Waals surface area contributed by atoms with Gasteiger partial charge in [0.2, 0.25) is 0 Å². The Balaban J connectivity index is 1.73. The van der Waals surface area contributed by atoms with Gasteiger partial charge in [0.05, 0.1) is 12.2 Å². The highest BCUT2D eigenvalue weighted by Crippen LogP contribution is 2.37. The quantitative estimate of drug-likeness (QED) is 0.262. The molecule has 0 N–H and O–H groups in total. The largest absolute Gasteiger partial charge is 0.407 e. The molecular formula is C28H40O4Si. The van der Waals surface area contributed by atoms with Crippen molar-refractivity contribution in [2.45, 2.75) is 70.0 Å². The summed E-state index contributed by atoms with van der Waals surface area (Å²) in [7, 11) is 0.830. The average Bonchev–Trinajstić information content (AvgIpc) is 3.17. The molecule has 5 heteroatoms. The van der Waals surface area contributed by atoms with Crippen LogP contribution < -0.4 is 10.4 Å². The summed E-state index contributed by atoms with van der Waals surface area (Å²) in [5.74, 6) is 0. The molecule has 1 aliphatic rings. The van der Waals surface area contributed by atoms with E-state index in [1.165, 1.54) is 10.4 Å². The fourth-order valence-electron chi connectivity index (χ4n) is 4.98. The second-order valence-electron chi connectivity index (χ2n) is 9.89. The van der Waals surface area contributed by atoms with Gasteiger partial charge in [-0.1, -0.05) is 88.0 Å². The van der Waals surface area contributed by atoms with E-state index in [4.69, 9.17) is 18.6 Å². The first-order chi connectivity index (χ1) is 15.8. The van der Waals surface area contributed by atoms with E-state index in [1.807, 2.05) is 0 Å². The molecule has 0 aromatic heterocycles. The summed E-state index contributed by atoms with van der Waals surface area (Å²) < 4.78 is 24.0. The minimum absolute atomic E-state index is 0.0267. The van der Waals surface area contributed by atoms with Crippen molar-refractivity contribution in [3.8, 4) is 0 Å². The summed E-state index contributed by atoms with van der Waals surface area (Å²) in [5.41, 5.74) is 1.16. The molecule has 3 rings (SSSR count). The molecule has 1 heterocycles. The van der Waals surface area contributed by atoms with Gasteiger partial charge >= 0.3 is 0 Å². The van der Waals surface area contributed by atoms with E-state index < -0.39 is 8.32 Å². The van der Waals surface area contributed by atoms with E-state index in [1.54, 1.807) is 14.2 Å². The van der Waals surface area contributed by atoms with E-state index in [0.29, 0.717) is 6.61 Å². The molecule has 33 heavy (non-hydrogen) atoms. The van der Waals surface area contributed by atoms with E-state index in [-0.39, 0.29) is 23.5 Å². The van der Waals surface area contributed by atoms with E-state index in [0.717, 1.165) is 31.3 Å². The molecule has 180 valence electrons. The molecule has 0 aliphatic carbocycles. The Morgan fingerprint density at radius 1 is 0.939 bits per heavy atom. The first-order valence-electron chi connectivity index (χ1n) is 12.0. The van der Waals surface area contributed by atoms with Crippen molar-refractivity contribution in [2.75, 3.05) is 20.8 Å². The van der Waals surface area contributed by atoms with Crippen molar-refractivity contribution in [1.29, 1.82) is 0 Å². The molecular weight excluding hydrogens is 428 g/mol. The lowest BCUT2D eigenvalue weighted by Crippen LogP contribution is -2.66. The van der Waals surface area contributed by atoms with Crippen molar-refractivity contribution >= 4 is 18.7 Å². The number of methoxy groups -OCH3 is 2. The van der Waals surface area contributed by atoms with Gasteiger partial charge in [-0.15, -0.1) is 0 Å². The first kappa shape index (κ1) is 25.9. The Labute approximate surface area is 201 Å². The van der Waals surface area contributed by atoms with Gasteiger partial charge in [-0.25, -0.2) is 0 Å². The van der Waals surface area contributed by atoms with Crippen LogP contribution in [-0.2, 0) is 18.6 Å². The molecule has 4 nitrogen and oxygen atoms in total. The summed E-state index contributed by atoms with van der Waals surface area (Å²) in [6.45, 7) is 11.9. The molecule has 1 fully saturated rings. The molecule has 0 bridgehead atoms. The average molecular weight is 469 g/mol. The number of hydrogen-bond donors (Lipinski definition) is 0. The van der Waals surface area contributed by atoms with Crippen LogP contribution in [0.4, 0.5) is 0 Å². The molecule has 2 atom stereocenters. The Kier molecular flexibility index (Phi) is 9.07. The number of hydrogen-bond acceptors (Lipinski definition) is 4. The lowest BCUT2D eigenvalue weighted by molar-refractivity contribution is -0.112. The van der Waals surface area contributed by atoms with Gasteiger partial charge in [0.25, 0.3) is 8.32 Å². The van der Waals surface area contributed by atoms with Gasteiger partial charge in [-0.3, -0.25) is 0 Å². The standard InChI is InChI=1S/C28H40O4Si/c1-22-21-23(17-18-27(29-5)30-6)32-26(22)19-20-31-33(28(2,3)4,24-13-9-7-10-14-24)25-15-11-8-12-16-25/h7-16,23,26-27H,1,17-21H2,2-6H3/t23-,26-/m0/s1. The van der Waals surface area contributed by atoms with E-state index >= 15 is 0 Å². The summed E-state index contributed by atoms with van der Waals surface area (Å²) in [5, 5.41) is 2.58. The topological polar surface area (TPSA) is 36.9 Å². The maximum atomic E-state index is 7.02. The highest BCUT2D eigenvalue weighted by atomic mass is 28.4. The minimum Gasteiger partial charge on any atom is -0.407 e. The third-order valence-electron chi connectivity index (χ3n) is 6.67. The third-order valence-corrected chi connectivity index (χ3v) is 11.7. The van der Waals surface area contributed by atoms with Crippen LogP contribution in [0.1, 0.15) is 46.5 Å². The van der Waals surface area contributed by atoms with Gasteiger partial charge in [0.15, 0.2) is 6.29 Å². The van der Waals surface area contributed by atoms with Gasteiger partial charge in [-0.2, -0.15) is 0 Å². The molecule has 0 spiro atoms. The molecule has 1 saturated heterocycles. The minimum atomic E-state index is -2.52. The lowest BCUT2D eigenvalue weighted by atomic mass is 10.0. The maximum Gasteiger partial charge on any atom is 0.261 e. The molecule has 0 amide bonds. The fourth-order valence-corrected chi connectivity index (χ4v) is 9.56. The zero-order valence-corrected chi connectivity index (χ0v) is 21.9. The number of ether oxygens (including phenoxy) is 3. The fraction of sp³-hybridized carbons (Fsp3) is 0.500. The van der Waals surface area contributed by atoms with Gasteiger partial charge in [0.1, 0.15) is 0 Å². The van der Waals surface area contributed by atoms with Crippen molar-refractivity contribution in [1.82, 2.24) is 0 Å². The number of benzene rings is 2. The first-order valence-corrected chi connectivity index (χ1v) is 13.9. The Morgan fingerprint density at radius 3 is 1.97 bits per heavy atom. The predicted octanol–water partition coefficient (Wildman–Crippen LogP) is 5.07. The van der Waals surface area contributed by atoms with E-state index in [9.17, 15) is 0 Å². The molecule has 0 radical (unpaired) electrons. The van der Waals surface area contributed by atoms with Crippen LogP contribution >= 0.6 is 0 Å². The van der Waals surface area contributed by atoms with Crippen molar-refractivity contribution in [3.63, 3.8) is 0 Å². The van der Waals surface area contributed by atoms with Crippen LogP contribution in [0.15, 0.2) is 72.8 Å². The Morgan fingerprint density at radius 2 is 1.48 bits per heavy atom. The normalized spacial score (nSPS) is 19.4. The third kappa shape index (κ3) is 6.03. The van der Waals surface area contributed by atoms with Gasteiger partial charge in [-0.05, 0) is 40.2 Å². The second-order valence-corrected chi connectivity index (χ2v) is 14.2. The highest BCUT2D eigenvalue weighted by molar-refractivity contribution is 6.99. The smallest absolute Gasteiger partial charge is 0.261 e. The Bertz CT molecular complexity index is 819. The zero-order valence-electron chi connectivity index (χ0n) is 20.9. The van der Waals surface area contributed by atoms with Crippen molar-refractivity contribution in [3.05, 3.63) is 72.8 Å². The maximum absolute atomic E-state index is 7.02. The molecule has 2 aromatic rings. The van der Waals surface area contributed by atoms with Crippen molar-refractivity contribution in [2.24, 2.45) is 0 Å². The highest BCUT2D eigenvalue weighted by Gasteiger charge is 2.50. The van der Waals surface area contributed by atoms with Crippen LogP contribution in [-0.4, -0.2) is 47.6 Å². The zero-order chi connectivity index (χ0) is 23.9. The monoisotopic (exact) mass is 468 g/mol. The van der Waals surface area contributed by atoms with Gasteiger partial charge in [0, 0.05) is 27.2 Å². The molecule has 0 unspecified atom stereocenters. The second kappa shape index (κ2) is 11.6. The van der Waals surface area contributed by atoms with Crippen LogP contribution in [0, 0.1) is 0 Å². The van der Waals surface area contributed by atoms with Crippen molar-refractivity contribution < 1.29 is 18.6 Å². The summed E-state index contributed by atoms with van der Waals surface area (Å²) in [6.07, 6.45) is 3.45. The molecule has 1 aliphatic heterocycles. The summed E-state index contributed by atoms with van der Waals surface area (Å²) in [6, 6.07) is 21.5. The number of rotatable bonds is 11. The Hall–Kier alpha value is -1.76. The predicted molar refractivity (Wildman–Crippen MR) is 138 cm³/mol. The van der Waals surface area contributed by atoms with Crippen LogP contribution in [0.3, 0.4) is 0 Å². The van der Waals surface area contributed by atoms with Gasteiger partial charge < -0.3 is 18.6 Å². The SMILES string of the molecule is C=C1C[C@H](CCC(OC)OC)O[C@H]1CCO[Si](c1ccccc1)(c1ccccc1)C(C)(C)C. The molecule has 2 aromatic carbocycles. The molecule has 0 saturated carbocycles. The van der Waals surface area contributed by atoms with E-state index in [2.05, 4.69) is 88.0 Å². The van der Waals surface area contributed by atoms with Crippen LogP contribution in [0.2, 0.25) is 5.04 Å². The summed E-state index contributed by atoms with van der Waals surface area (Å²) in [4.78, 5) is 0. The van der Waals surface area contributed by atoms with Crippen LogP contribution in [0.5, 0.6) is 0 Å². The summed E-state index contributed by atoms with van der Waals surface area (Å²) >= 11 is 0. The van der Waals surface area contributed by atoms with Crippen LogP contribution in [0.25, 0.3) is 0 Å².